The van der Waals surface area contributed by atoms with Crippen molar-refractivity contribution in [1.29, 1.82) is 0 Å². The summed E-state index contributed by atoms with van der Waals surface area (Å²) in [4.78, 5) is 4.24. The summed E-state index contributed by atoms with van der Waals surface area (Å²) in [5, 5.41) is 0.635. The Morgan fingerprint density at radius 2 is 2.38 bits per heavy atom. The van der Waals surface area contributed by atoms with Gasteiger partial charge < -0.3 is 5.43 Å². The number of hydrazine groups is 1. The van der Waals surface area contributed by atoms with Gasteiger partial charge in [0, 0.05) is 11.9 Å². The van der Waals surface area contributed by atoms with Crippen molar-refractivity contribution in [2.45, 2.75) is 24.9 Å². The number of pyridine rings is 1. The van der Waals surface area contributed by atoms with E-state index < -0.39 is 0 Å². The largest absolute Gasteiger partial charge is 0.324 e. The van der Waals surface area contributed by atoms with E-state index in [4.69, 9.17) is 5.84 Å². The maximum atomic E-state index is 5.29. The first-order valence-corrected chi connectivity index (χ1v) is 5.30. The second kappa shape index (κ2) is 5.09. The summed E-state index contributed by atoms with van der Waals surface area (Å²) in [6.45, 7) is 4.35. The Kier molecular flexibility index (Phi) is 4.05. The molecule has 0 saturated carbocycles. The van der Waals surface area contributed by atoms with Crippen LogP contribution in [-0.4, -0.2) is 10.2 Å². The van der Waals surface area contributed by atoms with Gasteiger partial charge in [0.25, 0.3) is 0 Å². The van der Waals surface area contributed by atoms with Gasteiger partial charge in [-0.25, -0.2) is 0 Å². The van der Waals surface area contributed by atoms with Crippen molar-refractivity contribution in [3.05, 3.63) is 24.0 Å². The van der Waals surface area contributed by atoms with E-state index in [0.29, 0.717) is 5.25 Å². The van der Waals surface area contributed by atoms with Crippen LogP contribution in [0.2, 0.25) is 0 Å². The molecule has 3 nitrogen and oxygen atoms in total. The summed E-state index contributed by atoms with van der Waals surface area (Å²) in [7, 11) is 0. The van der Waals surface area contributed by atoms with E-state index in [0.717, 1.165) is 17.1 Å². The summed E-state index contributed by atoms with van der Waals surface area (Å²) in [5.41, 5.74) is 4.58. The molecule has 0 aliphatic rings. The molecule has 0 fully saturated rings. The number of rotatable bonds is 4. The van der Waals surface area contributed by atoms with Crippen molar-refractivity contribution in [2.75, 3.05) is 5.43 Å². The molecule has 1 aromatic heterocycles. The Morgan fingerprint density at radius 1 is 1.62 bits per heavy atom. The molecule has 0 aromatic carbocycles. The second-order valence-corrected chi connectivity index (χ2v) is 4.60. The number of anilines is 1. The first-order valence-electron chi connectivity index (χ1n) is 4.25. The van der Waals surface area contributed by atoms with Crippen LogP contribution < -0.4 is 11.3 Å². The van der Waals surface area contributed by atoms with Crippen molar-refractivity contribution in [2.24, 2.45) is 5.84 Å². The van der Waals surface area contributed by atoms with Crippen molar-refractivity contribution < 1.29 is 0 Å². The molecule has 13 heavy (non-hydrogen) atoms. The van der Waals surface area contributed by atoms with Gasteiger partial charge in [0.2, 0.25) is 0 Å². The van der Waals surface area contributed by atoms with Crippen LogP contribution in [0.15, 0.2) is 18.3 Å². The van der Waals surface area contributed by atoms with Gasteiger partial charge in [-0.1, -0.05) is 13.8 Å². The van der Waals surface area contributed by atoms with E-state index in [1.165, 1.54) is 0 Å². The number of nitrogens with one attached hydrogen (secondary N) is 1. The molecule has 4 heteroatoms. The highest BCUT2D eigenvalue weighted by atomic mass is 32.2. The highest BCUT2D eigenvalue weighted by molar-refractivity contribution is 7.99. The van der Waals surface area contributed by atoms with E-state index in [2.05, 4.69) is 24.3 Å². The number of thioether (sulfide) groups is 1. The topological polar surface area (TPSA) is 50.9 Å². The molecule has 0 saturated heterocycles. The third-order valence-electron chi connectivity index (χ3n) is 1.55. The minimum atomic E-state index is 0.635. The third kappa shape index (κ3) is 3.65. The maximum absolute atomic E-state index is 5.29. The van der Waals surface area contributed by atoms with Gasteiger partial charge >= 0.3 is 0 Å². The highest BCUT2D eigenvalue weighted by Gasteiger charge is 1.98. The van der Waals surface area contributed by atoms with Crippen molar-refractivity contribution in [3.8, 4) is 0 Å². The van der Waals surface area contributed by atoms with Gasteiger partial charge in [0.1, 0.15) is 0 Å². The molecule has 0 radical (unpaired) electrons. The van der Waals surface area contributed by atoms with Crippen LogP contribution in [0.25, 0.3) is 0 Å². The first-order chi connectivity index (χ1) is 6.22. The molecular formula is C9H15N3S. The molecule has 72 valence electrons. The number of aromatic nitrogens is 1. The maximum Gasteiger partial charge on any atom is 0.0523 e. The SMILES string of the molecule is CC(C)SCc1cc(NN)ccn1. The Bertz CT molecular complexity index is 263. The van der Waals surface area contributed by atoms with Gasteiger partial charge in [-0.3, -0.25) is 10.8 Å². The Morgan fingerprint density at radius 3 is 3.00 bits per heavy atom. The molecular weight excluding hydrogens is 182 g/mol. The van der Waals surface area contributed by atoms with E-state index >= 15 is 0 Å². The van der Waals surface area contributed by atoms with Crippen molar-refractivity contribution >= 4 is 17.4 Å². The van der Waals surface area contributed by atoms with E-state index in [-0.39, 0.29) is 0 Å². The Balaban J connectivity index is 2.56. The van der Waals surface area contributed by atoms with E-state index in [1.807, 2.05) is 23.9 Å². The lowest BCUT2D eigenvalue weighted by Gasteiger charge is -2.05. The number of nitrogen functional groups attached to an aromatic ring is 1. The normalized spacial score (nSPS) is 10.5. The van der Waals surface area contributed by atoms with Gasteiger partial charge in [-0.2, -0.15) is 11.8 Å². The van der Waals surface area contributed by atoms with Crippen LogP contribution >= 0.6 is 11.8 Å². The lowest BCUT2D eigenvalue weighted by molar-refractivity contribution is 1.09. The molecule has 0 amide bonds. The Hall–Kier alpha value is -0.740. The summed E-state index contributed by atoms with van der Waals surface area (Å²) >= 11 is 1.87. The standard InChI is InChI=1S/C9H15N3S/c1-7(2)13-6-9-5-8(12-10)3-4-11-9/h3-5,7H,6,10H2,1-2H3,(H,11,12). The monoisotopic (exact) mass is 197 g/mol. The molecule has 0 aliphatic carbocycles. The van der Waals surface area contributed by atoms with Crippen LogP contribution in [0.3, 0.4) is 0 Å². The number of hydrogen-bond donors (Lipinski definition) is 2. The molecule has 1 rings (SSSR count). The second-order valence-electron chi connectivity index (χ2n) is 3.04. The molecule has 0 aliphatic heterocycles. The van der Waals surface area contributed by atoms with Crippen LogP contribution in [0.5, 0.6) is 0 Å². The number of nitrogens with two attached hydrogens (primary N) is 1. The van der Waals surface area contributed by atoms with Crippen molar-refractivity contribution in [1.82, 2.24) is 4.98 Å². The minimum absolute atomic E-state index is 0.635. The molecule has 3 N–H and O–H groups in total. The van der Waals surface area contributed by atoms with Gasteiger partial charge in [0.15, 0.2) is 0 Å². The zero-order valence-corrected chi connectivity index (χ0v) is 8.77. The van der Waals surface area contributed by atoms with Crippen molar-refractivity contribution in [3.63, 3.8) is 0 Å². The average molecular weight is 197 g/mol. The van der Waals surface area contributed by atoms with Gasteiger partial charge in [0.05, 0.1) is 11.4 Å². The summed E-state index contributed by atoms with van der Waals surface area (Å²) in [6.07, 6.45) is 1.77. The predicted molar refractivity (Wildman–Crippen MR) is 58.5 cm³/mol. The first kappa shape index (κ1) is 10.3. The van der Waals surface area contributed by atoms with E-state index in [1.54, 1.807) is 6.20 Å². The highest BCUT2D eigenvalue weighted by Crippen LogP contribution is 2.17. The molecule has 0 unspecified atom stereocenters. The molecule has 0 atom stereocenters. The molecule has 0 spiro atoms. The van der Waals surface area contributed by atoms with Crippen LogP contribution in [0, 0.1) is 0 Å². The smallest absolute Gasteiger partial charge is 0.0523 e. The summed E-state index contributed by atoms with van der Waals surface area (Å²) in [5.74, 6) is 6.23. The summed E-state index contributed by atoms with van der Waals surface area (Å²) in [6, 6.07) is 3.82. The van der Waals surface area contributed by atoms with Gasteiger partial charge in [-0.05, 0) is 17.4 Å². The quantitative estimate of drug-likeness (QED) is 0.572. The predicted octanol–water partition coefficient (Wildman–Crippen LogP) is 2.01. The van der Waals surface area contributed by atoms with E-state index in [9.17, 15) is 0 Å². The van der Waals surface area contributed by atoms with Crippen LogP contribution in [-0.2, 0) is 5.75 Å². The average Bonchev–Trinajstić information content (AvgIpc) is 2.15. The number of hydrogen-bond acceptors (Lipinski definition) is 4. The Labute approximate surface area is 83.1 Å². The fourth-order valence-corrected chi connectivity index (χ4v) is 1.56. The van der Waals surface area contributed by atoms with Crippen LogP contribution in [0.4, 0.5) is 5.69 Å². The van der Waals surface area contributed by atoms with Gasteiger partial charge in [-0.15, -0.1) is 0 Å². The fourth-order valence-electron chi connectivity index (χ4n) is 0.899. The lowest BCUT2D eigenvalue weighted by atomic mass is 10.3. The fraction of sp³-hybridized carbons (Fsp3) is 0.444. The zero-order chi connectivity index (χ0) is 9.68. The minimum Gasteiger partial charge on any atom is -0.324 e. The third-order valence-corrected chi connectivity index (χ3v) is 2.68. The zero-order valence-electron chi connectivity index (χ0n) is 7.95. The summed E-state index contributed by atoms with van der Waals surface area (Å²) < 4.78 is 0. The lowest BCUT2D eigenvalue weighted by Crippen LogP contribution is -2.07. The molecule has 0 bridgehead atoms. The van der Waals surface area contributed by atoms with Crippen LogP contribution in [0.1, 0.15) is 19.5 Å². The number of nitrogens with zero attached hydrogens (tertiary/aromatic N) is 1. The molecule has 1 aromatic rings. The molecule has 1 heterocycles.